The highest BCUT2D eigenvalue weighted by atomic mass is 19.4. The number of likely N-dealkylation sites (tertiary alicyclic amines) is 1. The van der Waals surface area contributed by atoms with Crippen molar-refractivity contribution < 1.29 is 17.9 Å². The summed E-state index contributed by atoms with van der Waals surface area (Å²) >= 11 is 0. The molecule has 140 valence electrons. The number of aromatic nitrogens is 1. The summed E-state index contributed by atoms with van der Waals surface area (Å²) in [6, 6.07) is 3.59. The SMILES string of the molecule is CCNC(=NCc1ccnc(OC)c1)NC1CCN(CC(F)(F)F)C1. The predicted octanol–water partition coefficient (Wildman–Crippen LogP) is 1.78. The Morgan fingerprint density at radius 1 is 1.48 bits per heavy atom. The minimum atomic E-state index is -4.16. The van der Waals surface area contributed by atoms with E-state index in [1.54, 1.807) is 19.4 Å². The highest BCUT2D eigenvalue weighted by molar-refractivity contribution is 5.80. The van der Waals surface area contributed by atoms with E-state index in [0.717, 1.165) is 5.56 Å². The molecule has 9 heteroatoms. The number of hydrogen-bond donors (Lipinski definition) is 2. The molecule has 0 spiro atoms. The van der Waals surface area contributed by atoms with Crippen LogP contribution in [0, 0.1) is 0 Å². The number of methoxy groups -OCH3 is 1. The first-order chi connectivity index (χ1) is 11.9. The van der Waals surface area contributed by atoms with Crippen LogP contribution in [-0.4, -0.2) is 61.4 Å². The Bertz CT molecular complexity index is 579. The molecule has 0 saturated carbocycles. The van der Waals surface area contributed by atoms with Gasteiger partial charge in [-0.3, -0.25) is 4.90 Å². The minimum absolute atomic E-state index is 0.0490. The van der Waals surface area contributed by atoms with Crippen LogP contribution in [-0.2, 0) is 6.54 Å². The minimum Gasteiger partial charge on any atom is -0.481 e. The van der Waals surface area contributed by atoms with Crippen molar-refractivity contribution >= 4 is 5.96 Å². The Morgan fingerprint density at radius 2 is 2.28 bits per heavy atom. The molecular formula is C16H24F3N5O. The molecule has 1 fully saturated rings. The van der Waals surface area contributed by atoms with E-state index in [1.165, 1.54) is 4.90 Å². The van der Waals surface area contributed by atoms with Crippen LogP contribution in [0.25, 0.3) is 0 Å². The van der Waals surface area contributed by atoms with Gasteiger partial charge in [0.1, 0.15) is 0 Å². The molecule has 2 heterocycles. The third kappa shape index (κ3) is 6.77. The third-order valence-electron chi connectivity index (χ3n) is 3.79. The fraction of sp³-hybridized carbons (Fsp3) is 0.625. The number of halogens is 3. The lowest BCUT2D eigenvalue weighted by Crippen LogP contribution is -2.45. The van der Waals surface area contributed by atoms with Gasteiger partial charge in [0.25, 0.3) is 0 Å². The van der Waals surface area contributed by atoms with Crippen LogP contribution >= 0.6 is 0 Å². The van der Waals surface area contributed by atoms with Gasteiger partial charge in [-0.15, -0.1) is 0 Å². The van der Waals surface area contributed by atoms with Gasteiger partial charge < -0.3 is 15.4 Å². The van der Waals surface area contributed by atoms with Gasteiger partial charge in [-0.2, -0.15) is 13.2 Å². The molecule has 1 aliphatic heterocycles. The van der Waals surface area contributed by atoms with Crippen LogP contribution in [0.5, 0.6) is 5.88 Å². The van der Waals surface area contributed by atoms with Gasteiger partial charge in [-0.1, -0.05) is 0 Å². The van der Waals surface area contributed by atoms with Gasteiger partial charge in [0.2, 0.25) is 5.88 Å². The van der Waals surface area contributed by atoms with Crippen molar-refractivity contribution in [2.75, 3.05) is 33.3 Å². The average molecular weight is 359 g/mol. The first-order valence-corrected chi connectivity index (χ1v) is 8.22. The second-order valence-electron chi connectivity index (χ2n) is 5.88. The zero-order valence-electron chi connectivity index (χ0n) is 14.4. The molecule has 6 nitrogen and oxygen atoms in total. The van der Waals surface area contributed by atoms with E-state index >= 15 is 0 Å². The van der Waals surface area contributed by atoms with Crippen molar-refractivity contribution in [2.24, 2.45) is 4.99 Å². The number of ether oxygens (including phenoxy) is 1. The van der Waals surface area contributed by atoms with Crippen LogP contribution in [0.15, 0.2) is 23.3 Å². The van der Waals surface area contributed by atoms with Crippen LogP contribution in [0.2, 0.25) is 0 Å². The summed E-state index contributed by atoms with van der Waals surface area (Å²) in [6.07, 6.45) is -1.85. The molecule has 1 aromatic rings. The van der Waals surface area contributed by atoms with E-state index in [1.807, 2.05) is 13.0 Å². The van der Waals surface area contributed by atoms with Crippen molar-refractivity contribution in [3.63, 3.8) is 0 Å². The lowest BCUT2D eigenvalue weighted by Gasteiger charge is -2.19. The first kappa shape index (κ1) is 19.3. The summed E-state index contributed by atoms with van der Waals surface area (Å²) in [7, 11) is 1.55. The second kappa shape index (κ2) is 8.89. The van der Waals surface area contributed by atoms with Crippen molar-refractivity contribution in [1.82, 2.24) is 20.5 Å². The van der Waals surface area contributed by atoms with Crippen LogP contribution in [0.4, 0.5) is 13.2 Å². The smallest absolute Gasteiger partial charge is 0.401 e. The van der Waals surface area contributed by atoms with E-state index in [9.17, 15) is 13.2 Å². The molecule has 2 N–H and O–H groups in total. The number of alkyl halides is 3. The largest absolute Gasteiger partial charge is 0.481 e. The summed E-state index contributed by atoms with van der Waals surface area (Å²) in [5, 5.41) is 6.34. The monoisotopic (exact) mass is 359 g/mol. The standard InChI is InChI=1S/C16H24F3N5O/c1-3-20-15(22-9-12-4-6-21-14(8-12)25-2)23-13-5-7-24(10-13)11-16(17,18)19/h4,6,8,13H,3,5,7,9-11H2,1-2H3,(H2,20,22,23). The second-order valence-corrected chi connectivity index (χ2v) is 5.88. The molecular weight excluding hydrogens is 335 g/mol. The first-order valence-electron chi connectivity index (χ1n) is 8.22. The Labute approximate surface area is 145 Å². The molecule has 1 aromatic heterocycles. The van der Waals surface area contributed by atoms with Gasteiger partial charge in [0.05, 0.1) is 20.2 Å². The van der Waals surface area contributed by atoms with E-state index in [4.69, 9.17) is 4.74 Å². The fourth-order valence-corrected chi connectivity index (χ4v) is 2.69. The molecule has 1 aliphatic rings. The zero-order chi connectivity index (χ0) is 18.3. The Kier molecular flexibility index (Phi) is 6.86. The highest BCUT2D eigenvalue weighted by Crippen LogP contribution is 2.20. The number of nitrogens with one attached hydrogen (secondary N) is 2. The van der Waals surface area contributed by atoms with Crippen molar-refractivity contribution in [2.45, 2.75) is 32.1 Å². The maximum Gasteiger partial charge on any atom is 0.401 e. The predicted molar refractivity (Wildman–Crippen MR) is 89.6 cm³/mol. The van der Waals surface area contributed by atoms with Gasteiger partial charge in [0, 0.05) is 37.9 Å². The summed E-state index contributed by atoms with van der Waals surface area (Å²) in [6.45, 7) is 2.95. The number of hydrogen-bond acceptors (Lipinski definition) is 4. The van der Waals surface area contributed by atoms with Crippen LogP contribution < -0.4 is 15.4 Å². The van der Waals surface area contributed by atoms with Gasteiger partial charge >= 0.3 is 6.18 Å². The summed E-state index contributed by atoms with van der Waals surface area (Å²) < 4.78 is 42.5. The quantitative estimate of drug-likeness (QED) is 0.599. The third-order valence-corrected chi connectivity index (χ3v) is 3.79. The zero-order valence-corrected chi connectivity index (χ0v) is 14.4. The summed E-state index contributed by atoms with van der Waals surface area (Å²) in [5.74, 6) is 1.11. The van der Waals surface area contributed by atoms with Gasteiger partial charge in [-0.25, -0.2) is 9.98 Å². The number of nitrogens with zero attached hydrogens (tertiary/aromatic N) is 3. The molecule has 0 radical (unpaired) electrons. The summed E-state index contributed by atoms with van der Waals surface area (Å²) in [5.41, 5.74) is 0.939. The van der Waals surface area contributed by atoms with E-state index < -0.39 is 12.7 Å². The van der Waals surface area contributed by atoms with Crippen molar-refractivity contribution in [3.8, 4) is 5.88 Å². The maximum atomic E-state index is 12.5. The number of guanidine groups is 1. The Balaban J connectivity index is 1.91. The van der Waals surface area contributed by atoms with Gasteiger partial charge in [-0.05, 0) is 25.0 Å². The van der Waals surface area contributed by atoms with Gasteiger partial charge in [0.15, 0.2) is 5.96 Å². The van der Waals surface area contributed by atoms with Crippen LogP contribution in [0.3, 0.4) is 0 Å². The van der Waals surface area contributed by atoms with E-state index in [-0.39, 0.29) is 6.04 Å². The number of pyridine rings is 1. The molecule has 25 heavy (non-hydrogen) atoms. The molecule has 1 unspecified atom stereocenters. The van der Waals surface area contributed by atoms with E-state index in [2.05, 4.69) is 20.6 Å². The molecule has 0 amide bonds. The average Bonchev–Trinajstić information content (AvgIpc) is 2.98. The lowest BCUT2D eigenvalue weighted by molar-refractivity contribution is -0.143. The normalized spacial score (nSPS) is 19.1. The molecule has 2 rings (SSSR count). The molecule has 1 saturated heterocycles. The Morgan fingerprint density at radius 3 is 2.96 bits per heavy atom. The molecule has 0 bridgehead atoms. The topological polar surface area (TPSA) is 61.8 Å². The Hall–Kier alpha value is -2.03. The maximum absolute atomic E-state index is 12.5. The molecule has 0 aliphatic carbocycles. The number of aliphatic imine (C=N–C) groups is 1. The van der Waals surface area contributed by atoms with Crippen molar-refractivity contribution in [3.05, 3.63) is 23.9 Å². The number of rotatable bonds is 6. The highest BCUT2D eigenvalue weighted by Gasteiger charge is 2.34. The fourth-order valence-electron chi connectivity index (χ4n) is 2.69. The van der Waals surface area contributed by atoms with E-state index in [0.29, 0.717) is 44.4 Å². The lowest BCUT2D eigenvalue weighted by atomic mass is 10.2. The molecule has 1 atom stereocenters. The molecule has 0 aromatic carbocycles. The van der Waals surface area contributed by atoms with Crippen LogP contribution in [0.1, 0.15) is 18.9 Å². The summed E-state index contributed by atoms with van der Waals surface area (Å²) in [4.78, 5) is 9.95. The van der Waals surface area contributed by atoms with Crippen molar-refractivity contribution in [1.29, 1.82) is 0 Å².